The average Bonchev–Trinajstić information content (AvgIpc) is 2.55. The average molecular weight is 268 g/mol. The fourth-order valence-corrected chi connectivity index (χ4v) is 2.52. The minimum atomic E-state index is 0.742. The van der Waals surface area contributed by atoms with Crippen LogP contribution in [0.2, 0.25) is 0 Å². The van der Waals surface area contributed by atoms with E-state index in [-0.39, 0.29) is 0 Å². The molecule has 0 radical (unpaired) electrons. The lowest BCUT2D eigenvalue weighted by Crippen LogP contribution is -2.31. The number of aromatic nitrogens is 2. The van der Waals surface area contributed by atoms with Crippen molar-refractivity contribution in [3.8, 4) is 11.3 Å². The summed E-state index contributed by atoms with van der Waals surface area (Å²) in [4.78, 5) is 0. The lowest BCUT2D eigenvalue weighted by Gasteiger charge is -2.22. The SMILES string of the molecule is c1ccc(-c2ccc(NCC3CCNCC3)nn2)cc1. The van der Waals surface area contributed by atoms with Gasteiger partial charge in [-0.05, 0) is 44.0 Å². The summed E-state index contributed by atoms with van der Waals surface area (Å²) in [5, 5.41) is 15.3. The van der Waals surface area contributed by atoms with Gasteiger partial charge in [-0.25, -0.2) is 0 Å². The highest BCUT2D eigenvalue weighted by Gasteiger charge is 2.12. The van der Waals surface area contributed by atoms with E-state index in [1.807, 2.05) is 42.5 Å². The van der Waals surface area contributed by atoms with Gasteiger partial charge < -0.3 is 10.6 Å². The number of nitrogens with one attached hydrogen (secondary N) is 2. The van der Waals surface area contributed by atoms with E-state index in [0.29, 0.717) is 0 Å². The molecule has 0 unspecified atom stereocenters. The minimum absolute atomic E-state index is 0.742. The molecule has 1 aliphatic rings. The number of benzene rings is 1. The van der Waals surface area contributed by atoms with Crippen molar-refractivity contribution >= 4 is 5.82 Å². The molecule has 3 rings (SSSR count). The van der Waals surface area contributed by atoms with Crippen LogP contribution in [-0.2, 0) is 0 Å². The second-order valence-corrected chi connectivity index (χ2v) is 5.24. The molecule has 0 saturated carbocycles. The maximum atomic E-state index is 4.29. The summed E-state index contributed by atoms with van der Waals surface area (Å²) < 4.78 is 0. The molecule has 4 nitrogen and oxygen atoms in total. The number of anilines is 1. The first-order valence-electron chi connectivity index (χ1n) is 7.25. The Balaban J connectivity index is 1.58. The van der Waals surface area contributed by atoms with Crippen LogP contribution in [0.4, 0.5) is 5.82 Å². The van der Waals surface area contributed by atoms with Gasteiger partial charge in [0.05, 0.1) is 5.69 Å². The van der Waals surface area contributed by atoms with Crippen molar-refractivity contribution in [2.75, 3.05) is 25.0 Å². The van der Waals surface area contributed by atoms with Crippen LogP contribution in [0.25, 0.3) is 11.3 Å². The highest BCUT2D eigenvalue weighted by molar-refractivity contribution is 5.59. The zero-order valence-corrected chi connectivity index (χ0v) is 11.5. The van der Waals surface area contributed by atoms with Crippen LogP contribution in [0.1, 0.15) is 12.8 Å². The third-order valence-corrected chi connectivity index (χ3v) is 3.76. The fourth-order valence-electron chi connectivity index (χ4n) is 2.52. The van der Waals surface area contributed by atoms with Crippen molar-refractivity contribution in [1.29, 1.82) is 0 Å². The molecule has 0 atom stereocenters. The van der Waals surface area contributed by atoms with Gasteiger partial charge in [-0.3, -0.25) is 0 Å². The molecule has 1 aliphatic heterocycles. The normalized spacial score (nSPS) is 16.0. The molecule has 0 bridgehead atoms. The van der Waals surface area contributed by atoms with Crippen molar-refractivity contribution in [2.45, 2.75) is 12.8 Å². The maximum Gasteiger partial charge on any atom is 0.148 e. The molecule has 1 fully saturated rings. The Labute approximate surface area is 119 Å². The summed E-state index contributed by atoms with van der Waals surface area (Å²) in [6, 6.07) is 14.2. The Morgan fingerprint density at radius 3 is 2.50 bits per heavy atom. The topological polar surface area (TPSA) is 49.8 Å². The van der Waals surface area contributed by atoms with Gasteiger partial charge in [-0.15, -0.1) is 10.2 Å². The molecule has 104 valence electrons. The molecule has 1 aromatic carbocycles. The Kier molecular flexibility index (Phi) is 4.23. The van der Waals surface area contributed by atoms with Crippen molar-refractivity contribution in [2.24, 2.45) is 5.92 Å². The monoisotopic (exact) mass is 268 g/mol. The first kappa shape index (κ1) is 13.1. The Hall–Kier alpha value is -1.94. The number of hydrogen-bond acceptors (Lipinski definition) is 4. The lowest BCUT2D eigenvalue weighted by molar-refractivity contribution is 0.389. The Morgan fingerprint density at radius 1 is 1.00 bits per heavy atom. The molecule has 2 aromatic rings. The van der Waals surface area contributed by atoms with Crippen LogP contribution in [0.15, 0.2) is 42.5 Å². The van der Waals surface area contributed by atoms with Crippen LogP contribution < -0.4 is 10.6 Å². The first-order valence-corrected chi connectivity index (χ1v) is 7.25. The van der Waals surface area contributed by atoms with E-state index in [1.165, 1.54) is 12.8 Å². The zero-order chi connectivity index (χ0) is 13.6. The highest BCUT2D eigenvalue weighted by Crippen LogP contribution is 2.17. The molecule has 4 heteroatoms. The van der Waals surface area contributed by atoms with Crippen molar-refractivity contribution in [3.05, 3.63) is 42.5 Å². The van der Waals surface area contributed by atoms with Gasteiger partial charge in [0.1, 0.15) is 5.82 Å². The number of nitrogens with zero attached hydrogens (tertiary/aromatic N) is 2. The minimum Gasteiger partial charge on any atom is -0.368 e. The predicted molar refractivity (Wildman–Crippen MR) is 81.6 cm³/mol. The van der Waals surface area contributed by atoms with Crippen LogP contribution in [-0.4, -0.2) is 29.8 Å². The van der Waals surface area contributed by atoms with Gasteiger partial charge in [-0.1, -0.05) is 30.3 Å². The third kappa shape index (κ3) is 3.33. The summed E-state index contributed by atoms with van der Waals surface area (Å²) in [6.45, 7) is 3.25. The molecular weight excluding hydrogens is 248 g/mol. The summed E-state index contributed by atoms with van der Waals surface area (Å²) in [6.07, 6.45) is 2.48. The molecule has 0 spiro atoms. The van der Waals surface area contributed by atoms with Crippen molar-refractivity contribution in [3.63, 3.8) is 0 Å². The van der Waals surface area contributed by atoms with Gasteiger partial charge in [-0.2, -0.15) is 0 Å². The summed E-state index contributed by atoms with van der Waals surface area (Å²) in [5.41, 5.74) is 2.02. The predicted octanol–water partition coefficient (Wildman–Crippen LogP) is 2.56. The van der Waals surface area contributed by atoms with E-state index in [2.05, 4.69) is 20.8 Å². The van der Waals surface area contributed by atoms with E-state index in [9.17, 15) is 0 Å². The van der Waals surface area contributed by atoms with E-state index in [1.54, 1.807) is 0 Å². The molecule has 1 saturated heterocycles. The first-order chi connectivity index (χ1) is 9.92. The summed E-state index contributed by atoms with van der Waals surface area (Å²) in [5.74, 6) is 1.61. The van der Waals surface area contributed by atoms with Gasteiger partial charge in [0.25, 0.3) is 0 Å². The summed E-state index contributed by atoms with van der Waals surface area (Å²) in [7, 11) is 0. The molecule has 2 heterocycles. The Bertz CT molecular complexity index is 518. The van der Waals surface area contributed by atoms with Crippen LogP contribution in [0.3, 0.4) is 0 Å². The second-order valence-electron chi connectivity index (χ2n) is 5.24. The fraction of sp³-hybridized carbons (Fsp3) is 0.375. The van der Waals surface area contributed by atoms with Crippen molar-refractivity contribution in [1.82, 2.24) is 15.5 Å². The van der Waals surface area contributed by atoms with Gasteiger partial charge in [0.15, 0.2) is 0 Å². The molecule has 1 aromatic heterocycles. The molecule has 0 amide bonds. The van der Waals surface area contributed by atoms with Gasteiger partial charge in [0.2, 0.25) is 0 Å². The largest absolute Gasteiger partial charge is 0.368 e. The van der Waals surface area contributed by atoms with Gasteiger partial charge in [0, 0.05) is 12.1 Å². The zero-order valence-electron chi connectivity index (χ0n) is 11.5. The third-order valence-electron chi connectivity index (χ3n) is 3.76. The number of rotatable bonds is 4. The van der Waals surface area contributed by atoms with Crippen LogP contribution in [0.5, 0.6) is 0 Å². The van der Waals surface area contributed by atoms with E-state index >= 15 is 0 Å². The van der Waals surface area contributed by atoms with Crippen molar-refractivity contribution < 1.29 is 0 Å². The molecule has 20 heavy (non-hydrogen) atoms. The van der Waals surface area contributed by atoms with Crippen LogP contribution in [0, 0.1) is 5.92 Å². The molecular formula is C16H20N4. The standard InChI is InChI=1S/C16H20N4/c1-2-4-14(5-3-1)15-6-7-16(20-19-15)18-12-13-8-10-17-11-9-13/h1-7,13,17H,8-12H2,(H,18,20). The Morgan fingerprint density at radius 2 is 1.80 bits per heavy atom. The van der Waals surface area contributed by atoms with E-state index in [4.69, 9.17) is 0 Å². The number of hydrogen-bond donors (Lipinski definition) is 2. The van der Waals surface area contributed by atoms with E-state index < -0.39 is 0 Å². The van der Waals surface area contributed by atoms with E-state index in [0.717, 1.165) is 42.6 Å². The smallest absolute Gasteiger partial charge is 0.148 e. The number of piperidine rings is 1. The van der Waals surface area contributed by atoms with Crippen LogP contribution >= 0.6 is 0 Å². The lowest BCUT2D eigenvalue weighted by atomic mass is 9.98. The quantitative estimate of drug-likeness (QED) is 0.894. The second kappa shape index (κ2) is 6.48. The van der Waals surface area contributed by atoms with Gasteiger partial charge >= 0.3 is 0 Å². The molecule has 2 N–H and O–H groups in total. The molecule has 0 aliphatic carbocycles. The maximum absolute atomic E-state index is 4.29. The summed E-state index contributed by atoms with van der Waals surface area (Å²) >= 11 is 0. The highest BCUT2D eigenvalue weighted by atomic mass is 15.2.